The number of rotatable bonds is 3. The normalized spacial score (nSPS) is 16.9. The number of nitrogen functional groups attached to an aromatic ring is 1. The number of anilines is 1. The van der Waals surface area contributed by atoms with Crippen LogP contribution in [0.4, 0.5) is 10.1 Å². The van der Waals surface area contributed by atoms with Crippen LogP contribution in [0.5, 0.6) is 11.5 Å². The Kier molecular flexibility index (Phi) is 3.57. The lowest BCUT2D eigenvalue weighted by Gasteiger charge is -2.16. The van der Waals surface area contributed by atoms with Crippen LogP contribution < -0.4 is 10.5 Å². The molecule has 1 unspecified atom stereocenters. The number of nitrogens with two attached hydrogens (primary N) is 1. The Bertz CT molecular complexity index is 939. The highest BCUT2D eigenvalue weighted by molar-refractivity contribution is 7.19. The molecule has 0 spiro atoms. The molecule has 24 heavy (non-hydrogen) atoms. The van der Waals surface area contributed by atoms with E-state index in [0.717, 1.165) is 21.6 Å². The Balaban J connectivity index is 1.72. The Morgan fingerprint density at radius 2 is 2.17 bits per heavy atom. The lowest BCUT2D eigenvalue weighted by atomic mass is 10.2. The third-order valence-electron chi connectivity index (χ3n) is 3.93. The first kappa shape index (κ1) is 14.9. The molecule has 0 fully saturated rings. The van der Waals surface area contributed by atoms with Crippen molar-refractivity contribution in [2.75, 3.05) is 19.3 Å². The summed E-state index contributed by atoms with van der Waals surface area (Å²) in [5.74, 6) is 0.245. The van der Waals surface area contributed by atoms with Gasteiger partial charge < -0.3 is 15.4 Å². The van der Waals surface area contributed by atoms with E-state index in [1.165, 1.54) is 12.1 Å². The highest BCUT2D eigenvalue weighted by atomic mass is 32.1. The van der Waals surface area contributed by atoms with E-state index in [1.54, 1.807) is 29.7 Å². The van der Waals surface area contributed by atoms with Crippen LogP contribution in [0.15, 0.2) is 41.5 Å². The summed E-state index contributed by atoms with van der Waals surface area (Å²) in [6, 6.07) is 8.39. The first-order chi connectivity index (χ1) is 11.6. The van der Waals surface area contributed by atoms with E-state index in [1.807, 2.05) is 19.5 Å². The molecule has 5 nitrogen and oxygen atoms in total. The average Bonchev–Trinajstić information content (AvgIpc) is 3.16. The van der Waals surface area contributed by atoms with Gasteiger partial charge in [-0.3, -0.25) is 9.98 Å². The lowest BCUT2D eigenvalue weighted by molar-refractivity contribution is 0.432. The fourth-order valence-electron chi connectivity index (χ4n) is 2.67. The highest BCUT2D eigenvalue weighted by Crippen LogP contribution is 2.39. The minimum atomic E-state index is -0.485. The van der Waals surface area contributed by atoms with Gasteiger partial charge in [-0.25, -0.2) is 4.39 Å². The van der Waals surface area contributed by atoms with E-state index < -0.39 is 5.82 Å². The molecule has 0 bridgehead atoms. The number of halogens is 1. The quantitative estimate of drug-likeness (QED) is 0.735. The second kappa shape index (κ2) is 5.76. The second-order valence-electron chi connectivity index (χ2n) is 5.63. The molecule has 0 aliphatic carbocycles. The predicted molar refractivity (Wildman–Crippen MR) is 94.4 cm³/mol. The van der Waals surface area contributed by atoms with E-state index in [2.05, 4.69) is 14.9 Å². The largest absolute Gasteiger partial charge is 0.453 e. The molecule has 3 heterocycles. The second-order valence-corrected chi connectivity index (χ2v) is 6.71. The summed E-state index contributed by atoms with van der Waals surface area (Å²) in [5.41, 5.74) is 6.78. The summed E-state index contributed by atoms with van der Waals surface area (Å²) >= 11 is 1.60. The van der Waals surface area contributed by atoms with Crippen molar-refractivity contribution < 1.29 is 9.13 Å². The van der Waals surface area contributed by atoms with Crippen molar-refractivity contribution in [2.24, 2.45) is 4.99 Å². The molecule has 3 aromatic rings. The van der Waals surface area contributed by atoms with Gasteiger partial charge in [-0.15, -0.1) is 11.3 Å². The number of fused-ring (bicyclic) bond motifs is 1. The molecule has 0 amide bonds. The molecule has 1 aliphatic heterocycles. The number of nitrogens with zero attached hydrogens (tertiary/aromatic N) is 3. The summed E-state index contributed by atoms with van der Waals surface area (Å²) < 4.78 is 20.7. The molecular weight excluding hydrogens is 327 g/mol. The number of aliphatic imine (C=N–C) groups is 1. The molecule has 0 radical (unpaired) electrons. The van der Waals surface area contributed by atoms with Gasteiger partial charge in [0.2, 0.25) is 0 Å². The van der Waals surface area contributed by atoms with E-state index in [0.29, 0.717) is 11.4 Å². The van der Waals surface area contributed by atoms with Crippen molar-refractivity contribution in [1.82, 2.24) is 9.88 Å². The molecule has 1 aliphatic rings. The number of hydrogen-bond acceptors (Lipinski definition) is 6. The first-order valence-electron chi connectivity index (χ1n) is 7.45. The molecule has 1 atom stereocenters. The van der Waals surface area contributed by atoms with E-state index in [4.69, 9.17) is 10.5 Å². The zero-order valence-corrected chi connectivity index (χ0v) is 13.8. The molecule has 2 aromatic heterocycles. The first-order valence-corrected chi connectivity index (χ1v) is 8.26. The van der Waals surface area contributed by atoms with Crippen molar-refractivity contribution >= 4 is 33.6 Å². The zero-order valence-electron chi connectivity index (χ0n) is 12.9. The van der Waals surface area contributed by atoms with E-state index in [-0.39, 0.29) is 11.8 Å². The summed E-state index contributed by atoms with van der Waals surface area (Å²) in [6.07, 6.45) is 3.50. The molecule has 0 saturated heterocycles. The maximum Gasteiger partial charge on any atom is 0.167 e. The van der Waals surface area contributed by atoms with Crippen LogP contribution in [0, 0.1) is 5.82 Å². The molecule has 122 valence electrons. The molecular formula is C17H15FN4OS. The van der Waals surface area contributed by atoms with Gasteiger partial charge >= 0.3 is 0 Å². The Labute approximate surface area is 142 Å². The number of hydrogen-bond donors (Lipinski definition) is 1. The molecule has 4 rings (SSSR count). The minimum absolute atomic E-state index is 0.146. The van der Waals surface area contributed by atoms with E-state index in [9.17, 15) is 4.39 Å². The van der Waals surface area contributed by atoms with Gasteiger partial charge in [-0.1, -0.05) is 0 Å². The third kappa shape index (κ3) is 2.56. The Morgan fingerprint density at radius 1 is 1.29 bits per heavy atom. The van der Waals surface area contributed by atoms with Crippen LogP contribution >= 0.6 is 11.3 Å². The number of likely N-dealkylation sites (N-methyl/N-ethyl adjacent to an activating group) is 1. The standard InChI is InChI=1S/C17H15FN4OS/c1-22-9-20-8-13(22)16-7-12-17(24-16)15(4-5-21-12)23-14-3-2-10(19)6-11(14)18/h2-7,9,13H,8,19H2,1H3. The van der Waals surface area contributed by atoms with Crippen LogP contribution in [-0.4, -0.2) is 29.8 Å². The minimum Gasteiger partial charge on any atom is -0.453 e. The molecule has 0 saturated carbocycles. The van der Waals surface area contributed by atoms with Gasteiger partial charge in [0.05, 0.1) is 29.1 Å². The van der Waals surface area contributed by atoms with Crippen LogP contribution in [-0.2, 0) is 0 Å². The van der Waals surface area contributed by atoms with E-state index >= 15 is 0 Å². The van der Waals surface area contributed by atoms with Crippen molar-refractivity contribution in [3.8, 4) is 11.5 Å². The van der Waals surface area contributed by atoms with Crippen molar-refractivity contribution in [2.45, 2.75) is 6.04 Å². The summed E-state index contributed by atoms with van der Waals surface area (Å²) in [4.78, 5) is 11.9. The number of aromatic nitrogens is 1. The lowest BCUT2D eigenvalue weighted by Crippen LogP contribution is -2.18. The molecule has 2 N–H and O–H groups in total. The van der Waals surface area contributed by atoms with Crippen molar-refractivity contribution in [1.29, 1.82) is 0 Å². The third-order valence-corrected chi connectivity index (χ3v) is 5.17. The summed E-state index contributed by atoms with van der Waals surface area (Å²) in [6.45, 7) is 0.728. The number of thiophene rings is 1. The maximum absolute atomic E-state index is 14.0. The highest BCUT2D eigenvalue weighted by Gasteiger charge is 2.22. The summed E-state index contributed by atoms with van der Waals surface area (Å²) in [5, 5.41) is 0. The smallest absolute Gasteiger partial charge is 0.167 e. The zero-order chi connectivity index (χ0) is 16.7. The van der Waals surface area contributed by atoms with Crippen LogP contribution in [0.25, 0.3) is 10.2 Å². The number of pyridine rings is 1. The number of benzene rings is 1. The maximum atomic E-state index is 14.0. The van der Waals surface area contributed by atoms with Crippen LogP contribution in [0.3, 0.4) is 0 Å². The predicted octanol–water partition coefficient (Wildman–Crippen LogP) is 3.82. The monoisotopic (exact) mass is 342 g/mol. The fraction of sp³-hybridized carbons (Fsp3) is 0.176. The van der Waals surface area contributed by atoms with Crippen LogP contribution in [0.1, 0.15) is 10.9 Å². The Hall–Kier alpha value is -2.67. The van der Waals surface area contributed by atoms with Gasteiger partial charge in [-0.2, -0.15) is 0 Å². The van der Waals surface area contributed by atoms with Gasteiger partial charge in [0.15, 0.2) is 11.6 Å². The number of ether oxygens (including phenoxy) is 1. The van der Waals surface area contributed by atoms with Gasteiger partial charge in [-0.05, 0) is 18.2 Å². The average molecular weight is 342 g/mol. The molecule has 7 heteroatoms. The van der Waals surface area contributed by atoms with Gasteiger partial charge in [0, 0.05) is 35.9 Å². The van der Waals surface area contributed by atoms with Crippen LogP contribution in [0.2, 0.25) is 0 Å². The van der Waals surface area contributed by atoms with Gasteiger partial charge in [0.25, 0.3) is 0 Å². The van der Waals surface area contributed by atoms with Crippen molar-refractivity contribution in [3.63, 3.8) is 0 Å². The van der Waals surface area contributed by atoms with Crippen molar-refractivity contribution in [3.05, 3.63) is 47.2 Å². The fourth-order valence-corrected chi connectivity index (χ4v) is 3.88. The Morgan fingerprint density at radius 3 is 2.92 bits per heavy atom. The van der Waals surface area contributed by atoms with Gasteiger partial charge in [0.1, 0.15) is 5.75 Å². The molecule has 1 aromatic carbocycles. The summed E-state index contributed by atoms with van der Waals surface area (Å²) in [7, 11) is 2.00. The SMILES string of the molecule is CN1C=NCC1c1cc2nccc(Oc3ccc(N)cc3F)c2s1. The topological polar surface area (TPSA) is 63.7 Å².